The van der Waals surface area contributed by atoms with Gasteiger partial charge in [-0.25, -0.2) is 0 Å². The minimum atomic E-state index is 0.781. The predicted molar refractivity (Wildman–Crippen MR) is 65.1 cm³/mol. The van der Waals surface area contributed by atoms with Crippen molar-refractivity contribution in [1.29, 1.82) is 0 Å². The first kappa shape index (κ1) is 11.4. The summed E-state index contributed by atoms with van der Waals surface area (Å²) in [5.41, 5.74) is 0. The SMILES string of the molecule is CNC1CCC(N(CC(C)C)C2CC2)C1. The number of hydrogen-bond acceptors (Lipinski definition) is 2. The summed E-state index contributed by atoms with van der Waals surface area (Å²) in [6.07, 6.45) is 7.07. The summed E-state index contributed by atoms with van der Waals surface area (Å²) in [4.78, 5) is 2.81. The quantitative estimate of drug-likeness (QED) is 0.749. The highest BCUT2D eigenvalue weighted by atomic mass is 15.2. The second-order valence-electron chi connectivity index (χ2n) is 5.77. The molecule has 2 saturated carbocycles. The lowest BCUT2D eigenvalue weighted by Gasteiger charge is -2.30. The molecular formula is C13H26N2. The maximum Gasteiger partial charge on any atom is 0.0114 e. The van der Waals surface area contributed by atoms with Gasteiger partial charge in [0.05, 0.1) is 0 Å². The van der Waals surface area contributed by atoms with Crippen LogP contribution in [0.15, 0.2) is 0 Å². The van der Waals surface area contributed by atoms with E-state index in [0.29, 0.717) is 0 Å². The minimum absolute atomic E-state index is 0.781. The molecule has 15 heavy (non-hydrogen) atoms. The second-order valence-corrected chi connectivity index (χ2v) is 5.77. The van der Waals surface area contributed by atoms with Gasteiger partial charge >= 0.3 is 0 Å². The summed E-state index contributed by atoms with van der Waals surface area (Å²) in [6, 6.07) is 2.59. The molecule has 2 heteroatoms. The molecule has 0 spiro atoms. The molecule has 0 amide bonds. The zero-order valence-electron chi connectivity index (χ0n) is 10.5. The number of hydrogen-bond donors (Lipinski definition) is 1. The highest BCUT2D eigenvalue weighted by molar-refractivity contribution is 4.94. The van der Waals surface area contributed by atoms with Crippen LogP contribution in [0.5, 0.6) is 0 Å². The molecule has 2 aliphatic rings. The van der Waals surface area contributed by atoms with E-state index in [9.17, 15) is 0 Å². The van der Waals surface area contributed by atoms with Crippen LogP contribution in [0.4, 0.5) is 0 Å². The standard InChI is InChI=1S/C13H26N2/c1-10(2)9-15(12-6-7-12)13-5-4-11(8-13)14-3/h10-14H,4-9H2,1-3H3. The topological polar surface area (TPSA) is 15.3 Å². The van der Waals surface area contributed by atoms with E-state index < -0.39 is 0 Å². The van der Waals surface area contributed by atoms with E-state index in [1.807, 2.05) is 0 Å². The van der Waals surface area contributed by atoms with Crippen LogP contribution in [0.2, 0.25) is 0 Å². The van der Waals surface area contributed by atoms with Crippen LogP contribution < -0.4 is 5.32 Å². The van der Waals surface area contributed by atoms with Gasteiger partial charge in [-0.15, -0.1) is 0 Å². The van der Waals surface area contributed by atoms with E-state index in [1.54, 1.807) is 0 Å². The van der Waals surface area contributed by atoms with Crippen molar-refractivity contribution in [3.63, 3.8) is 0 Å². The van der Waals surface area contributed by atoms with Crippen molar-refractivity contribution in [2.24, 2.45) is 5.92 Å². The third-order valence-corrected chi connectivity index (χ3v) is 3.87. The molecule has 0 aromatic carbocycles. The lowest BCUT2D eigenvalue weighted by Crippen LogP contribution is -2.39. The molecule has 0 aromatic heterocycles. The lowest BCUT2D eigenvalue weighted by molar-refractivity contribution is 0.165. The molecule has 2 fully saturated rings. The second kappa shape index (κ2) is 4.84. The highest BCUT2D eigenvalue weighted by Gasteiger charge is 2.37. The van der Waals surface area contributed by atoms with Gasteiger partial charge in [0.15, 0.2) is 0 Å². The summed E-state index contributed by atoms with van der Waals surface area (Å²) in [5.74, 6) is 0.819. The van der Waals surface area contributed by atoms with Crippen molar-refractivity contribution in [3.05, 3.63) is 0 Å². The molecule has 0 saturated heterocycles. The maximum atomic E-state index is 3.43. The van der Waals surface area contributed by atoms with Crippen LogP contribution in [-0.2, 0) is 0 Å². The molecule has 2 unspecified atom stereocenters. The first-order valence-corrected chi connectivity index (χ1v) is 6.63. The third-order valence-electron chi connectivity index (χ3n) is 3.87. The summed E-state index contributed by atoms with van der Waals surface area (Å²) < 4.78 is 0. The smallest absolute Gasteiger partial charge is 0.0114 e. The normalized spacial score (nSPS) is 31.8. The van der Waals surface area contributed by atoms with Crippen LogP contribution in [0.25, 0.3) is 0 Å². The van der Waals surface area contributed by atoms with E-state index in [1.165, 1.54) is 38.6 Å². The number of nitrogens with one attached hydrogen (secondary N) is 1. The van der Waals surface area contributed by atoms with Crippen LogP contribution >= 0.6 is 0 Å². The molecular weight excluding hydrogens is 184 g/mol. The Kier molecular flexibility index (Phi) is 3.68. The van der Waals surface area contributed by atoms with Crippen molar-refractivity contribution >= 4 is 0 Å². The molecule has 2 atom stereocenters. The van der Waals surface area contributed by atoms with Crippen molar-refractivity contribution in [3.8, 4) is 0 Å². The number of nitrogens with zero attached hydrogens (tertiary/aromatic N) is 1. The van der Waals surface area contributed by atoms with Crippen molar-refractivity contribution < 1.29 is 0 Å². The van der Waals surface area contributed by atoms with Crippen molar-refractivity contribution in [1.82, 2.24) is 10.2 Å². The summed E-state index contributed by atoms with van der Waals surface area (Å²) >= 11 is 0. The van der Waals surface area contributed by atoms with E-state index in [-0.39, 0.29) is 0 Å². The molecule has 0 bridgehead atoms. The molecule has 0 aromatic rings. The molecule has 0 aliphatic heterocycles. The number of rotatable bonds is 5. The zero-order valence-corrected chi connectivity index (χ0v) is 10.5. The van der Waals surface area contributed by atoms with Crippen molar-refractivity contribution in [2.75, 3.05) is 13.6 Å². The molecule has 0 heterocycles. The zero-order chi connectivity index (χ0) is 10.8. The van der Waals surface area contributed by atoms with Gasteiger partial charge in [-0.2, -0.15) is 0 Å². The van der Waals surface area contributed by atoms with Gasteiger partial charge in [0.25, 0.3) is 0 Å². The molecule has 1 N–H and O–H groups in total. The predicted octanol–water partition coefficient (Wildman–Crippen LogP) is 2.25. The Hall–Kier alpha value is -0.0800. The highest BCUT2D eigenvalue weighted by Crippen LogP contribution is 2.34. The summed E-state index contributed by atoms with van der Waals surface area (Å²) in [5, 5.41) is 3.43. The molecule has 88 valence electrons. The van der Waals surface area contributed by atoms with Crippen LogP contribution in [0.1, 0.15) is 46.0 Å². The Morgan fingerprint density at radius 2 is 1.80 bits per heavy atom. The average Bonchev–Trinajstić information content (AvgIpc) is 2.92. The van der Waals surface area contributed by atoms with E-state index in [2.05, 4.69) is 31.1 Å². The summed E-state index contributed by atoms with van der Waals surface area (Å²) in [7, 11) is 2.11. The Bertz CT molecular complexity index is 199. The fourth-order valence-corrected chi connectivity index (χ4v) is 2.95. The van der Waals surface area contributed by atoms with Crippen LogP contribution in [-0.4, -0.2) is 36.6 Å². The Morgan fingerprint density at radius 1 is 1.13 bits per heavy atom. The minimum Gasteiger partial charge on any atom is -0.317 e. The largest absolute Gasteiger partial charge is 0.317 e. The molecule has 0 radical (unpaired) electrons. The maximum absolute atomic E-state index is 3.43. The molecule has 2 rings (SSSR count). The van der Waals surface area contributed by atoms with Crippen LogP contribution in [0.3, 0.4) is 0 Å². The Balaban J connectivity index is 1.87. The van der Waals surface area contributed by atoms with E-state index in [4.69, 9.17) is 0 Å². The first-order chi connectivity index (χ1) is 7.20. The van der Waals surface area contributed by atoms with Gasteiger partial charge in [0.1, 0.15) is 0 Å². The van der Waals surface area contributed by atoms with Crippen LogP contribution in [0, 0.1) is 5.92 Å². The van der Waals surface area contributed by atoms with Gasteiger partial charge in [-0.05, 0) is 45.1 Å². The van der Waals surface area contributed by atoms with Gasteiger partial charge in [0, 0.05) is 24.7 Å². The van der Waals surface area contributed by atoms with Gasteiger partial charge in [0.2, 0.25) is 0 Å². The van der Waals surface area contributed by atoms with Gasteiger partial charge < -0.3 is 5.32 Å². The third kappa shape index (κ3) is 2.94. The van der Waals surface area contributed by atoms with Crippen molar-refractivity contribution in [2.45, 2.75) is 64.1 Å². The molecule has 2 nitrogen and oxygen atoms in total. The van der Waals surface area contributed by atoms with E-state index >= 15 is 0 Å². The fourth-order valence-electron chi connectivity index (χ4n) is 2.95. The van der Waals surface area contributed by atoms with E-state index in [0.717, 1.165) is 24.0 Å². The monoisotopic (exact) mass is 210 g/mol. The Labute approximate surface area is 94.4 Å². The summed E-state index contributed by atoms with van der Waals surface area (Å²) in [6.45, 7) is 6.01. The fraction of sp³-hybridized carbons (Fsp3) is 1.00. The first-order valence-electron chi connectivity index (χ1n) is 6.63. The average molecular weight is 210 g/mol. The van der Waals surface area contributed by atoms with Gasteiger partial charge in [-0.3, -0.25) is 4.90 Å². The van der Waals surface area contributed by atoms with Gasteiger partial charge in [-0.1, -0.05) is 13.8 Å². The molecule has 2 aliphatic carbocycles. The lowest BCUT2D eigenvalue weighted by atomic mass is 10.1. The Morgan fingerprint density at radius 3 is 2.27 bits per heavy atom.